The summed E-state index contributed by atoms with van der Waals surface area (Å²) in [6, 6.07) is 1.57. The Balaban J connectivity index is 1.54. The number of hydrogen-bond donors (Lipinski definition) is 0. The fourth-order valence-corrected chi connectivity index (χ4v) is 4.58. The number of anilines is 1. The zero-order valence-electron chi connectivity index (χ0n) is 14.5. The maximum Gasteiger partial charge on any atom is 0.254 e. The highest BCUT2D eigenvalue weighted by Gasteiger charge is 2.29. The summed E-state index contributed by atoms with van der Waals surface area (Å²) in [6.07, 6.45) is 2.85. The van der Waals surface area contributed by atoms with Crippen molar-refractivity contribution in [3.63, 3.8) is 0 Å². The van der Waals surface area contributed by atoms with E-state index in [1.807, 2.05) is 13.8 Å². The Morgan fingerprint density at radius 3 is 2.65 bits per heavy atom. The molecule has 0 bridgehead atoms. The molecule has 1 saturated heterocycles. The minimum atomic E-state index is -3.42. The predicted molar refractivity (Wildman–Crippen MR) is 93.2 cm³/mol. The maximum absolute atomic E-state index is 12.6. The van der Waals surface area contributed by atoms with Crippen LogP contribution in [-0.2, 0) is 15.8 Å². The Labute approximate surface area is 150 Å². The number of piperazine rings is 1. The van der Waals surface area contributed by atoms with Gasteiger partial charge in [0.05, 0.1) is 5.69 Å². The smallest absolute Gasteiger partial charge is 0.254 e. The van der Waals surface area contributed by atoms with Crippen molar-refractivity contribution in [2.24, 2.45) is 0 Å². The van der Waals surface area contributed by atoms with Crippen molar-refractivity contribution < 1.29 is 12.9 Å². The first-order valence-corrected chi connectivity index (χ1v) is 9.85. The summed E-state index contributed by atoms with van der Waals surface area (Å²) in [5.41, 5.74) is 2.32. The van der Waals surface area contributed by atoms with E-state index in [0.717, 1.165) is 17.1 Å². The van der Waals surface area contributed by atoms with Gasteiger partial charge in [0.25, 0.3) is 5.78 Å². The van der Waals surface area contributed by atoms with Gasteiger partial charge in [-0.2, -0.15) is 18.9 Å². The molecule has 4 rings (SSSR count). The zero-order chi connectivity index (χ0) is 18.3. The molecule has 26 heavy (non-hydrogen) atoms. The van der Waals surface area contributed by atoms with Crippen LogP contribution in [0.3, 0.4) is 0 Å². The molecule has 0 aromatic carbocycles. The summed E-state index contributed by atoms with van der Waals surface area (Å²) in [5.74, 6) is 1.31. The Hall–Kier alpha value is -2.53. The first kappa shape index (κ1) is 16.9. The van der Waals surface area contributed by atoms with E-state index in [1.165, 1.54) is 16.9 Å². The number of fused-ring (bicyclic) bond motifs is 1. The van der Waals surface area contributed by atoms with Crippen LogP contribution in [0.2, 0.25) is 0 Å². The van der Waals surface area contributed by atoms with Crippen LogP contribution >= 0.6 is 0 Å². The number of sulfonamides is 1. The fraction of sp³-hybridized carbons (Fsp3) is 0.467. The van der Waals surface area contributed by atoms with Gasteiger partial charge in [-0.15, -0.1) is 0 Å². The first-order chi connectivity index (χ1) is 12.5. The molecule has 1 fully saturated rings. The van der Waals surface area contributed by atoms with Gasteiger partial charge in [0.2, 0.25) is 10.0 Å². The lowest BCUT2D eigenvalue weighted by Gasteiger charge is -2.35. The molecule has 0 spiro atoms. The Bertz CT molecular complexity index is 1020. The van der Waals surface area contributed by atoms with Crippen molar-refractivity contribution in [3.8, 4) is 0 Å². The summed E-state index contributed by atoms with van der Waals surface area (Å²) in [5, 5.41) is 7.96. The summed E-state index contributed by atoms with van der Waals surface area (Å²) in [7, 11) is -3.42. The van der Waals surface area contributed by atoms with Crippen LogP contribution in [0.1, 0.15) is 17.0 Å². The van der Waals surface area contributed by atoms with Crippen LogP contribution in [0, 0.1) is 13.8 Å². The summed E-state index contributed by atoms with van der Waals surface area (Å²) in [4.78, 5) is 10.7. The maximum atomic E-state index is 12.6. The summed E-state index contributed by atoms with van der Waals surface area (Å²) in [6.45, 7) is 5.86. The van der Waals surface area contributed by atoms with Crippen molar-refractivity contribution >= 4 is 21.6 Å². The van der Waals surface area contributed by atoms with Crippen LogP contribution in [0.5, 0.6) is 0 Å². The molecule has 11 heteroatoms. The third-order valence-electron chi connectivity index (χ3n) is 4.63. The molecule has 0 amide bonds. The second kappa shape index (κ2) is 6.32. The van der Waals surface area contributed by atoms with Crippen molar-refractivity contribution in [1.29, 1.82) is 0 Å². The molecular formula is C15H19N7O3S. The van der Waals surface area contributed by atoms with E-state index >= 15 is 0 Å². The minimum absolute atomic E-state index is 0.149. The molecule has 0 radical (unpaired) electrons. The molecule has 0 atom stereocenters. The number of hydrogen-bond acceptors (Lipinski definition) is 8. The van der Waals surface area contributed by atoms with Gasteiger partial charge >= 0.3 is 0 Å². The second-order valence-corrected chi connectivity index (χ2v) is 8.22. The monoisotopic (exact) mass is 377 g/mol. The van der Waals surface area contributed by atoms with E-state index in [9.17, 15) is 8.42 Å². The lowest BCUT2D eigenvalue weighted by atomic mass is 10.2. The van der Waals surface area contributed by atoms with Gasteiger partial charge < -0.3 is 9.42 Å². The molecule has 0 unspecified atom stereocenters. The molecular weight excluding hydrogens is 358 g/mol. The third-order valence-corrected chi connectivity index (χ3v) is 6.44. The Morgan fingerprint density at radius 1 is 1.19 bits per heavy atom. The van der Waals surface area contributed by atoms with E-state index in [1.54, 1.807) is 10.6 Å². The average Bonchev–Trinajstić information content (AvgIpc) is 3.27. The van der Waals surface area contributed by atoms with Crippen molar-refractivity contribution in [2.45, 2.75) is 19.6 Å². The molecule has 10 nitrogen and oxygen atoms in total. The van der Waals surface area contributed by atoms with Crippen molar-refractivity contribution in [1.82, 2.24) is 29.0 Å². The molecule has 138 valence electrons. The predicted octanol–water partition coefficient (Wildman–Crippen LogP) is 0.381. The molecule has 4 heterocycles. The van der Waals surface area contributed by atoms with Gasteiger partial charge in [0.15, 0.2) is 0 Å². The van der Waals surface area contributed by atoms with E-state index in [0.29, 0.717) is 37.7 Å². The lowest BCUT2D eigenvalue weighted by Crippen LogP contribution is -2.49. The normalized spacial score (nSPS) is 16.5. The number of aryl methyl sites for hydroxylation is 1. The minimum Gasteiger partial charge on any atom is -0.364 e. The van der Waals surface area contributed by atoms with Crippen LogP contribution in [0.15, 0.2) is 23.2 Å². The highest BCUT2D eigenvalue weighted by molar-refractivity contribution is 7.88. The van der Waals surface area contributed by atoms with Crippen LogP contribution in [0.4, 0.5) is 5.82 Å². The van der Waals surface area contributed by atoms with Gasteiger partial charge in [0, 0.05) is 43.5 Å². The van der Waals surface area contributed by atoms with Crippen molar-refractivity contribution in [2.75, 3.05) is 31.1 Å². The number of rotatable bonds is 4. The van der Waals surface area contributed by atoms with E-state index in [4.69, 9.17) is 4.52 Å². The molecule has 1 aliphatic rings. The third kappa shape index (κ3) is 2.92. The molecule has 0 N–H and O–H groups in total. The highest BCUT2D eigenvalue weighted by Crippen LogP contribution is 2.24. The van der Waals surface area contributed by atoms with Crippen molar-refractivity contribution in [3.05, 3.63) is 35.6 Å². The number of aromatic nitrogens is 5. The van der Waals surface area contributed by atoms with Crippen LogP contribution in [0.25, 0.3) is 5.78 Å². The highest BCUT2D eigenvalue weighted by atomic mass is 32.2. The van der Waals surface area contributed by atoms with E-state index in [2.05, 4.69) is 25.1 Å². The van der Waals surface area contributed by atoms with Crippen LogP contribution in [-0.4, -0.2) is 63.6 Å². The SMILES string of the molecule is Cc1nc2ncnn2c(N2CCN(S(=O)(=O)Cc3ccon3)CC2)c1C. The standard InChI is InChI=1S/C15H19N7O3S/c1-11-12(2)18-15-16-10-17-22(15)14(11)20-4-6-21(7-5-20)26(23,24)9-13-3-8-25-19-13/h3,8,10H,4-7,9H2,1-2H3. The Morgan fingerprint density at radius 2 is 1.96 bits per heavy atom. The molecule has 0 saturated carbocycles. The topological polar surface area (TPSA) is 110 Å². The number of nitrogens with zero attached hydrogens (tertiary/aromatic N) is 7. The van der Waals surface area contributed by atoms with Gasteiger partial charge in [-0.05, 0) is 13.8 Å². The summed E-state index contributed by atoms with van der Waals surface area (Å²) >= 11 is 0. The van der Waals surface area contributed by atoms with Gasteiger partial charge in [0.1, 0.15) is 24.2 Å². The molecule has 0 aliphatic carbocycles. The molecule has 3 aromatic rings. The second-order valence-electron chi connectivity index (χ2n) is 6.25. The fourth-order valence-electron chi connectivity index (χ4n) is 3.15. The van der Waals surface area contributed by atoms with Gasteiger partial charge in [-0.1, -0.05) is 5.16 Å². The van der Waals surface area contributed by atoms with Gasteiger partial charge in [-0.3, -0.25) is 0 Å². The molecule has 1 aliphatic heterocycles. The van der Waals surface area contributed by atoms with E-state index < -0.39 is 10.0 Å². The molecule has 3 aromatic heterocycles. The lowest BCUT2D eigenvalue weighted by molar-refractivity contribution is 0.379. The largest absolute Gasteiger partial charge is 0.364 e. The first-order valence-electron chi connectivity index (χ1n) is 8.24. The Kier molecular flexibility index (Phi) is 4.11. The van der Waals surface area contributed by atoms with E-state index in [-0.39, 0.29) is 5.75 Å². The van der Waals surface area contributed by atoms with Gasteiger partial charge in [-0.25, -0.2) is 13.4 Å². The summed E-state index contributed by atoms with van der Waals surface area (Å²) < 4.78 is 33.1. The van der Waals surface area contributed by atoms with Crippen LogP contribution < -0.4 is 4.90 Å². The zero-order valence-corrected chi connectivity index (χ0v) is 15.3. The quantitative estimate of drug-likeness (QED) is 0.642. The average molecular weight is 377 g/mol.